The Labute approximate surface area is 134 Å². The van der Waals surface area contributed by atoms with Crippen LogP contribution in [0.5, 0.6) is 5.75 Å². The topological polar surface area (TPSA) is 32.7 Å². The van der Waals surface area contributed by atoms with Gasteiger partial charge in [0.2, 0.25) is 0 Å². The van der Waals surface area contributed by atoms with Gasteiger partial charge >= 0.3 is 0 Å². The van der Waals surface area contributed by atoms with Crippen LogP contribution in [-0.4, -0.2) is 42.4 Å². The van der Waals surface area contributed by atoms with Crippen molar-refractivity contribution in [3.63, 3.8) is 0 Å². The van der Waals surface area contributed by atoms with Crippen molar-refractivity contribution in [2.45, 2.75) is 31.7 Å². The zero-order chi connectivity index (χ0) is 14.4. The minimum atomic E-state index is 0.257. The summed E-state index contributed by atoms with van der Waals surface area (Å²) in [5.41, 5.74) is 0. The molecule has 0 bridgehead atoms. The molecule has 1 fully saturated rings. The maximum atomic E-state index is 8.98. The molecule has 112 valence electrons. The van der Waals surface area contributed by atoms with Crippen molar-refractivity contribution in [2.24, 2.45) is 0 Å². The summed E-state index contributed by atoms with van der Waals surface area (Å²) in [6, 6.07) is 6.23. The fraction of sp³-hybridized carbons (Fsp3) is 0.600. The standard InChI is InChI=1S/C15H21BrClNO2/c16-14-11-12(17)5-6-15(14)20-10-8-18(7-2-9-19)13-3-1-4-13/h5-6,11,13,19H,1-4,7-10H2. The van der Waals surface area contributed by atoms with Crippen molar-refractivity contribution in [1.29, 1.82) is 0 Å². The van der Waals surface area contributed by atoms with Gasteiger partial charge in [-0.1, -0.05) is 18.0 Å². The SMILES string of the molecule is OCCCN(CCOc1ccc(Cl)cc1Br)C1CCC1. The first-order valence-electron chi connectivity index (χ1n) is 7.13. The molecule has 1 aromatic carbocycles. The van der Waals surface area contributed by atoms with Crippen molar-refractivity contribution in [3.05, 3.63) is 27.7 Å². The van der Waals surface area contributed by atoms with Gasteiger partial charge in [0.15, 0.2) is 0 Å². The number of hydrogen-bond donors (Lipinski definition) is 1. The number of halogens is 2. The number of aliphatic hydroxyl groups excluding tert-OH is 1. The molecule has 1 saturated carbocycles. The number of nitrogens with zero attached hydrogens (tertiary/aromatic N) is 1. The molecule has 0 aliphatic heterocycles. The Morgan fingerprint density at radius 3 is 2.75 bits per heavy atom. The van der Waals surface area contributed by atoms with Crippen LogP contribution in [0.1, 0.15) is 25.7 Å². The number of benzene rings is 1. The van der Waals surface area contributed by atoms with E-state index in [0.717, 1.165) is 29.7 Å². The van der Waals surface area contributed by atoms with Gasteiger partial charge in [-0.05, 0) is 53.4 Å². The van der Waals surface area contributed by atoms with Crippen molar-refractivity contribution in [2.75, 3.05) is 26.3 Å². The van der Waals surface area contributed by atoms with Crippen LogP contribution in [0.3, 0.4) is 0 Å². The summed E-state index contributed by atoms with van der Waals surface area (Å²) in [4.78, 5) is 2.43. The lowest BCUT2D eigenvalue weighted by Crippen LogP contribution is -2.43. The first-order chi connectivity index (χ1) is 9.70. The Bertz CT molecular complexity index is 426. The third kappa shape index (κ3) is 4.62. The van der Waals surface area contributed by atoms with Crippen LogP contribution in [0.25, 0.3) is 0 Å². The average Bonchev–Trinajstić information content (AvgIpc) is 2.36. The molecule has 0 saturated heterocycles. The minimum Gasteiger partial charge on any atom is -0.491 e. The van der Waals surface area contributed by atoms with E-state index in [2.05, 4.69) is 20.8 Å². The molecule has 1 aliphatic carbocycles. The van der Waals surface area contributed by atoms with Crippen molar-refractivity contribution in [1.82, 2.24) is 4.90 Å². The zero-order valence-corrected chi connectivity index (χ0v) is 13.9. The molecule has 20 heavy (non-hydrogen) atoms. The van der Waals surface area contributed by atoms with Gasteiger partial charge in [-0.2, -0.15) is 0 Å². The predicted molar refractivity (Wildman–Crippen MR) is 85.6 cm³/mol. The predicted octanol–water partition coefficient (Wildman–Crippen LogP) is 3.72. The molecule has 0 heterocycles. The van der Waals surface area contributed by atoms with Gasteiger partial charge in [-0.3, -0.25) is 4.90 Å². The number of ether oxygens (including phenoxy) is 1. The van der Waals surface area contributed by atoms with Gasteiger partial charge in [0.05, 0.1) is 4.47 Å². The molecule has 0 aromatic heterocycles. The lowest BCUT2D eigenvalue weighted by molar-refractivity contribution is 0.0983. The van der Waals surface area contributed by atoms with Crippen LogP contribution >= 0.6 is 27.5 Å². The fourth-order valence-corrected chi connectivity index (χ4v) is 3.16. The lowest BCUT2D eigenvalue weighted by atomic mass is 9.91. The first-order valence-corrected chi connectivity index (χ1v) is 8.30. The Morgan fingerprint density at radius 1 is 1.35 bits per heavy atom. The van der Waals surface area contributed by atoms with Gasteiger partial charge in [-0.25, -0.2) is 0 Å². The molecular formula is C15H21BrClNO2. The van der Waals surface area contributed by atoms with Crippen LogP contribution in [0.4, 0.5) is 0 Å². The molecule has 3 nitrogen and oxygen atoms in total. The van der Waals surface area contributed by atoms with Gasteiger partial charge in [-0.15, -0.1) is 0 Å². The monoisotopic (exact) mass is 361 g/mol. The highest BCUT2D eigenvalue weighted by Crippen LogP contribution is 2.28. The molecule has 0 radical (unpaired) electrons. The Kier molecular flexibility index (Phi) is 6.62. The fourth-order valence-electron chi connectivity index (χ4n) is 2.37. The van der Waals surface area contributed by atoms with E-state index < -0.39 is 0 Å². The van der Waals surface area contributed by atoms with Gasteiger partial charge in [0.25, 0.3) is 0 Å². The summed E-state index contributed by atoms with van der Waals surface area (Å²) in [6.07, 6.45) is 4.71. The molecule has 2 rings (SSSR count). The van der Waals surface area contributed by atoms with Gasteiger partial charge in [0, 0.05) is 30.8 Å². The van der Waals surface area contributed by atoms with Crippen LogP contribution in [0.15, 0.2) is 22.7 Å². The largest absolute Gasteiger partial charge is 0.491 e. The van der Waals surface area contributed by atoms with Crippen LogP contribution in [0.2, 0.25) is 5.02 Å². The summed E-state index contributed by atoms with van der Waals surface area (Å²) in [6.45, 7) is 2.76. The van der Waals surface area contributed by atoms with E-state index in [-0.39, 0.29) is 6.61 Å². The van der Waals surface area contributed by atoms with Crippen LogP contribution in [-0.2, 0) is 0 Å². The molecule has 1 N–H and O–H groups in total. The smallest absolute Gasteiger partial charge is 0.133 e. The molecular weight excluding hydrogens is 342 g/mol. The molecule has 0 amide bonds. The van der Waals surface area contributed by atoms with Crippen molar-refractivity contribution < 1.29 is 9.84 Å². The Hall–Kier alpha value is -0.290. The Morgan fingerprint density at radius 2 is 2.15 bits per heavy atom. The molecule has 0 unspecified atom stereocenters. The lowest BCUT2D eigenvalue weighted by Gasteiger charge is -2.37. The summed E-state index contributed by atoms with van der Waals surface area (Å²) >= 11 is 9.36. The zero-order valence-electron chi connectivity index (χ0n) is 11.5. The van der Waals surface area contributed by atoms with Crippen molar-refractivity contribution in [3.8, 4) is 5.75 Å². The van der Waals surface area contributed by atoms with Gasteiger partial charge in [0.1, 0.15) is 12.4 Å². The first kappa shape index (κ1) is 16.1. The summed E-state index contributed by atoms with van der Waals surface area (Å²) in [7, 11) is 0. The van der Waals surface area contributed by atoms with E-state index in [9.17, 15) is 0 Å². The number of aliphatic hydroxyl groups is 1. The third-order valence-electron chi connectivity index (χ3n) is 3.72. The van der Waals surface area contributed by atoms with E-state index in [0.29, 0.717) is 17.7 Å². The highest BCUT2D eigenvalue weighted by Gasteiger charge is 2.24. The highest BCUT2D eigenvalue weighted by molar-refractivity contribution is 9.10. The summed E-state index contributed by atoms with van der Waals surface area (Å²) in [5, 5.41) is 9.67. The van der Waals surface area contributed by atoms with E-state index in [1.807, 2.05) is 18.2 Å². The molecule has 5 heteroatoms. The molecule has 1 aliphatic rings. The average molecular weight is 363 g/mol. The summed E-state index contributed by atoms with van der Waals surface area (Å²) < 4.78 is 6.70. The van der Waals surface area contributed by atoms with E-state index >= 15 is 0 Å². The second-order valence-corrected chi connectivity index (χ2v) is 6.41. The van der Waals surface area contributed by atoms with Gasteiger partial charge < -0.3 is 9.84 Å². The molecule has 1 aromatic rings. The second kappa shape index (κ2) is 8.23. The van der Waals surface area contributed by atoms with E-state index in [1.54, 1.807) is 0 Å². The Balaban J connectivity index is 1.79. The maximum absolute atomic E-state index is 8.98. The third-order valence-corrected chi connectivity index (χ3v) is 4.58. The number of rotatable bonds is 8. The second-order valence-electron chi connectivity index (χ2n) is 5.12. The number of hydrogen-bond acceptors (Lipinski definition) is 3. The highest BCUT2D eigenvalue weighted by atomic mass is 79.9. The molecule has 0 spiro atoms. The van der Waals surface area contributed by atoms with Crippen LogP contribution in [0, 0.1) is 0 Å². The maximum Gasteiger partial charge on any atom is 0.133 e. The summed E-state index contributed by atoms with van der Waals surface area (Å²) in [5.74, 6) is 0.824. The molecule has 0 atom stereocenters. The van der Waals surface area contributed by atoms with E-state index in [1.165, 1.54) is 19.3 Å². The van der Waals surface area contributed by atoms with Crippen molar-refractivity contribution >= 4 is 27.5 Å². The minimum absolute atomic E-state index is 0.257. The van der Waals surface area contributed by atoms with Crippen LogP contribution < -0.4 is 4.74 Å². The normalized spacial score (nSPS) is 15.4. The van der Waals surface area contributed by atoms with E-state index in [4.69, 9.17) is 21.4 Å². The quantitative estimate of drug-likeness (QED) is 0.765.